The number of carbonyl (C=O) groups is 2. The Balaban J connectivity index is 0.000000279. The molecule has 2 saturated heterocycles. The van der Waals surface area contributed by atoms with Gasteiger partial charge < -0.3 is 19.3 Å². The highest BCUT2D eigenvalue weighted by Gasteiger charge is 2.45. The van der Waals surface area contributed by atoms with Crippen LogP contribution in [0.4, 0.5) is 18.3 Å². The van der Waals surface area contributed by atoms with Crippen molar-refractivity contribution in [3.8, 4) is 0 Å². The Morgan fingerprint density at radius 1 is 1.25 bits per heavy atom. The predicted molar refractivity (Wildman–Crippen MR) is 92.2 cm³/mol. The number of hydrogen-bond acceptors (Lipinski definition) is 7. The standard InChI is InChI=1S/C14H16N4O2S.C2HF3O2/c1-9-2-3-12(20-9)13(19)17-6-4-11-10(17)5-7-18(11)14-16-15-8-21-14;3-2(4,5)1(6)7/h2-3,8,10-11H,4-7H2,1H3;(H,6,7)/t10-,11+;/m1./s1. The molecule has 0 unspecified atom stereocenters. The number of amides is 1. The van der Waals surface area contributed by atoms with Gasteiger partial charge in [0.05, 0.1) is 12.1 Å². The number of carbonyl (C=O) groups excluding carboxylic acids is 1. The molecule has 0 aliphatic carbocycles. The van der Waals surface area contributed by atoms with E-state index in [0.717, 1.165) is 36.8 Å². The molecule has 12 heteroatoms. The summed E-state index contributed by atoms with van der Waals surface area (Å²) in [7, 11) is 0. The van der Waals surface area contributed by atoms with Gasteiger partial charge in [0.15, 0.2) is 5.76 Å². The second kappa shape index (κ2) is 7.78. The molecule has 152 valence electrons. The minimum atomic E-state index is -5.08. The molecular weight excluding hydrogens is 401 g/mol. The quantitative estimate of drug-likeness (QED) is 0.800. The zero-order valence-electron chi connectivity index (χ0n) is 14.7. The Kier molecular flexibility index (Phi) is 5.59. The summed E-state index contributed by atoms with van der Waals surface area (Å²) in [6.07, 6.45) is -3.12. The number of alkyl halides is 3. The number of likely N-dealkylation sites (tertiary alicyclic amines) is 1. The van der Waals surface area contributed by atoms with Gasteiger partial charge in [-0.2, -0.15) is 13.2 Å². The van der Waals surface area contributed by atoms with Gasteiger partial charge in [-0.3, -0.25) is 4.79 Å². The van der Waals surface area contributed by atoms with Crippen LogP contribution >= 0.6 is 11.3 Å². The fourth-order valence-corrected chi connectivity index (χ4v) is 4.10. The molecule has 0 bridgehead atoms. The SMILES string of the molecule is Cc1ccc(C(=O)N2CC[C@H]3[C@H]2CCN3c2nncs2)o1.O=C(O)C(F)(F)F. The fraction of sp³-hybridized carbons (Fsp3) is 0.500. The van der Waals surface area contributed by atoms with Crippen molar-refractivity contribution in [2.75, 3.05) is 18.0 Å². The van der Waals surface area contributed by atoms with Crippen molar-refractivity contribution in [1.29, 1.82) is 0 Å². The van der Waals surface area contributed by atoms with E-state index >= 15 is 0 Å². The highest BCUT2D eigenvalue weighted by atomic mass is 32.1. The number of rotatable bonds is 2. The third kappa shape index (κ3) is 4.11. The molecule has 2 aliphatic heterocycles. The molecule has 1 amide bonds. The van der Waals surface area contributed by atoms with E-state index in [4.69, 9.17) is 14.3 Å². The lowest BCUT2D eigenvalue weighted by Gasteiger charge is -2.24. The van der Waals surface area contributed by atoms with Crippen molar-refractivity contribution >= 4 is 28.3 Å². The number of furan rings is 1. The first-order valence-electron chi connectivity index (χ1n) is 8.39. The fourth-order valence-electron chi connectivity index (χ4n) is 3.46. The molecule has 0 aromatic carbocycles. The Labute approximate surface area is 161 Å². The topological polar surface area (TPSA) is 99.8 Å². The van der Waals surface area contributed by atoms with Crippen LogP contribution < -0.4 is 4.90 Å². The van der Waals surface area contributed by atoms with Gasteiger partial charge in [0.25, 0.3) is 5.91 Å². The molecule has 28 heavy (non-hydrogen) atoms. The number of carboxylic acid groups (broad SMARTS) is 1. The van der Waals surface area contributed by atoms with Crippen molar-refractivity contribution < 1.29 is 32.3 Å². The van der Waals surface area contributed by atoms with Crippen LogP contribution in [0.25, 0.3) is 0 Å². The summed E-state index contributed by atoms with van der Waals surface area (Å²) in [6.45, 7) is 3.57. The lowest BCUT2D eigenvalue weighted by Crippen LogP contribution is -2.39. The van der Waals surface area contributed by atoms with E-state index in [0.29, 0.717) is 11.8 Å². The zero-order chi connectivity index (χ0) is 20.5. The van der Waals surface area contributed by atoms with Crippen molar-refractivity contribution in [2.45, 2.75) is 38.0 Å². The maximum absolute atomic E-state index is 12.6. The van der Waals surface area contributed by atoms with Crippen molar-refractivity contribution in [3.63, 3.8) is 0 Å². The highest BCUT2D eigenvalue weighted by Crippen LogP contribution is 2.36. The number of halogens is 3. The molecule has 2 aliphatic rings. The Bertz CT molecular complexity index is 839. The van der Waals surface area contributed by atoms with Crippen molar-refractivity contribution in [1.82, 2.24) is 15.1 Å². The number of aromatic nitrogens is 2. The van der Waals surface area contributed by atoms with E-state index in [1.54, 1.807) is 22.9 Å². The van der Waals surface area contributed by atoms with Gasteiger partial charge in [-0.15, -0.1) is 10.2 Å². The number of fused-ring (bicyclic) bond motifs is 1. The second-order valence-electron chi connectivity index (χ2n) is 6.34. The van der Waals surface area contributed by atoms with E-state index < -0.39 is 12.1 Å². The van der Waals surface area contributed by atoms with E-state index in [-0.39, 0.29) is 11.9 Å². The van der Waals surface area contributed by atoms with Gasteiger partial charge in [-0.05, 0) is 31.9 Å². The molecule has 2 aromatic rings. The summed E-state index contributed by atoms with van der Waals surface area (Å²) in [5, 5.41) is 16.2. The van der Waals surface area contributed by atoms with Crippen LogP contribution in [0, 0.1) is 6.92 Å². The van der Waals surface area contributed by atoms with Crippen LogP contribution in [0.1, 0.15) is 29.2 Å². The van der Waals surface area contributed by atoms with Crippen LogP contribution in [0.5, 0.6) is 0 Å². The average molecular weight is 418 g/mol. The first kappa shape index (κ1) is 20.1. The normalized spacial score (nSPS) is 21.3. The number of nitrogens with zero attached hydrogens (tertiary/aromatic N) is 4. The van der Waals surface area contributed by atoms with Crippen LogP contribution in [0.3, 0.4) is 0 Å². The highest BCUT2D eigenvalue weighted by molar-refractivity contribution is 7.13. The smallest absolute Gasteiger partial charge is 0.475 e. The van der Waals surface area contributed by atoms with E-state index in [2.05, 4.69) is 15.1 Å². The molecule has 2 aromatic heterocycles. The average Bonchev–Trinajstić information content (AvgIpc) is 3.38. The van der Waals surface area contributed by atoms with Crippen LogP contribution in [0.15, 0.2) is 22.1 Å². The first-order chi connectivity index (χ1) is 13.2. The van der Waals surface area contributed by atoms with Crippen LogP contribution in [-0.4, -0.2) is 63.4 Å². The Hall–Kier alpha value is -2.63. The Morgan fingerprint density at radius 3 is 2.46 bits per heavy atom. The third-order valence-electron chi connectivity index (χ3n) is 4.63. The third-order valence-corrected chi connectivity index (χ3v) is 5.35. The summed E-state index contributed by atoms with van der Waals surface area (Å²) in [4.78, 5) is 25.7. The maximum Gasteiger partial charge on any atom is 0.490 e. The van der Waals surface area contributed by atoms with Gasteiger partial charge in [0.2, 0.25) is 5.13 Å². The van der Waals surface area contributed by atoms with Gasteiger partial charge in [-0.1, -0.05) is 11.3 Å². The first-order valence-corrected chi connectivity index (χ1v) is 9.26. The predicted octanol–water partition coefficient (Wildman–Crippen LogP) is 2.57. The summed E-state index contributed by atoms with van der Waals surface area (Å²) < 4.78 is 37.2. The van der Waals surface area contributed by atoms with E-state index in [1.807, 2.05) is 17.9 Å². The molecule has 4 heterocycles. The summed E-state index contributed by atoms with van der Waals surface area (Å²) in [5.41, 5.74) is 1.76. The van der Waals surface area contributed by atoms with E-state index in [1.165, 1.54) is 0 Å². The van der Waals surface area contributed by atoms with Gasteiger partial charge in [0, 0.05) is 13.1 Å². The van der Waals surface area contributed by atoms with Crippen LogP contribution in [-0.2, 0) is 4.79 Å². The molecule has 1 N–H and O–H groups in total. The van der Waals surface area contributed by atoms with Crippen molar-refractivity contribution in [2.24, 2.45) is 0 Å². The van der Waals surface area contributed by atoms with Gasteiger partial charge in [0.1, 0.15) is 11.3 Å². The second-order valence-corrected chi connectivity index (χ2v) is 7.15. The van der Waals surface area contributed by atoms with Gasteiger partial charge >= 0.3 is 12.1 Å². The Morgan fingerprint density at radius 2 is 1.93 bits per heavy atom. The number of carboxylic acids is 1. The number of aliphatic carboxylic acids is 1. The largest absolute Gasteiger partial charge is 0.490 e. The van der Waals surface area contributed by atoms with Gasteiger partial charge in [-0.25, -0.2) is 4.79 Å². The van der Waals surface area contributed by atoms with Crippen molar-refractivity contribution in [3.05, 3.63) is 29.2 Å². The van der Waals surface area contributed by atoms with E-state index in [9.17, 15) is 18.0 Å². The molecule has 4 rings (SSSR count). The number of anilines is 1. The molecule has 0 radical (unpaired) electrons. The minimum absolute atomic E-state index is 0.00899. The summed E-state index contributed by atoms with van der Waals surface area (Å²) >= 11 is 1.56. The molecule has 0 spiro atoms. The lowest BCUT2D eigenvalue weighted by atomic mass is 10.1. The minimum Gasteiger partial charge on any atom is -0.475 e. The monoisotopic (exact) mass is 418 g/mol. The summed E-state index contributed by atoms with van der Waals surface area (Å²) in [5.74, 6) is -1.53. The van der Waals surface area contributed by atoms with Crippen LogP contribution in [0.2, 0.25) is 0 Å². The molecule has 8 nitrogen and oxygen atoms in total. The maximum atomic E-state index is 12.6. The molecule has 0 saturated carbocycles. The molecule has 2 atom stereocenters. The number of hydrogen-bond donors (Lipinski definition) is 1. The lowest BCUT2D eigenvalue weighted by molar-refractivity contribution is -0.192. The molecule has 2 fully saturated rings. The zero-order valence-corrected chi connectivity index (χ0v) is 15.5. The molecular formula is C16H17F3N4O4S. The summed E-state index contributed by atoms with van der Waals surface area (Å²) in [6, 6.07) is 4.22. The number of aryl methyl sites for hydroxylation is 1.